The maximum Gasteiger partial charge on any atom is 0.408 e. The van der Waals surface area contributed by atoms with Crippen molar-refractivity contribution in [1.29, 1.82) is 0 Å². The van der Waals surface area contributed by atoms with Crippen molar-refractivity contribution in [3.63, 3.8) is 0 Å². The van der Waals surface area contributed by atoms with Crippen molar-refractivity contribution in [3.05, 3.63) is 59.4 Å². The number of ether oxygens (including phenoxy) is 2. The number of nitrogens with one attached hydrogen (secondary N) is 1. The monoisotopic (exact) mass is 459 g/mol. The molecule has 8 nitrogen and oxygen atoms in total. The molecule has 1 aliphatic carbocycles. The summed E-state index contributed by atoms with van der Waals surface area (Å²) in [6, 6.07) is 9.43. The summed E-state index contributed by atoms with van der Waals surface area (Å²) in [7, 11) is 0. The molecule has 1 unspecified atom stereocenters. The average Bonchev–Trinajstić information content (AvgIpc) is 3.21. The largest absolute Gasteiger partial charge is 0.408 e. The number of carbonyl (C=O) groups excluding carboxylic acids is 1. The predicted molar refractivity (Wildman–Crippen MR) is 109 cm³/mol. The Morgan fingerprint density at radius 2 is 1.97 bits per heavy atom. The molecule has 1 N–H and O–H groups in total. The molecule has 11 heteroatoms. The topological polar surface area (TPSA) is 81.0 Å². The van der Waals surface area contributed by atoms with E-state index >= 15 is 0 Å². The first-order valence-electron chi connectivity index (χ1n) is 10.7. The zero-order valence-electron chi connectivity index (χ0n) is 17.5. The van der Waals surface area contributed by atoms with Crippen molar-refractivity contribution >= 4 is 17.4 Å². The van der Waals surface area contributed by atoms with Crippen LogP contribution in [0.15, 0.2) is 42.6 Å². The fourth-order valence-electron chi connectivity index (χ4n) is 4.46. The molecule has 1 aromatic carbocycles. The van der Waals surface area contributed by atoms with E-state index in [0.29, 0.717) is 30.9 Å². The van der Waals surface area contributed by atoms with Gasteiger partial charge in [-0.05, 0) is 25.7 Å². The maximum absolute atomic E-state index is 13.4. The lowest BCUT2D eigenvalue weighted by molar-refractivity contribution is -0.414. The Labute approximate surface area is 186 Å². The van der Waals surface area contributed by atoms with Crippen LogP contribution in [0.4, 0.5) is 19.0 Å². The lowest BCUT2D eigenvalue weighted by Crippen LogP contribution is -2.47. The molecule has 3 aliphatic heterocycles. The van der Waals surface area contributed by atoms with E-state index in [4.69, 9.17) is 9.47 Å². The molecule has 3 aromatic rings. The van der Waals surface area contributed by atoms with Crippen molar-refractivity contribution in [1.82, 2.24) is 19.9 Å². The minimum Gasteiger partial charge on any atom is -0.340 e. The average molecular weight is 459 g/mol. The Balaban J connectivity index is 1.30. The van der Waals surface area contributed by atoms with Crippen LogP contribution >= 0.6 is 0 Å². The zero-order chi connectivity index (χ0) is 23.0. The van der Waals surface area contributed by atoms with Gasteiger partial charge in [0.1, 0.15) is 17.4 Å². The van der Waals surface area contributed by atoms with Gasteiger partial charge in [0.2, 0.25) is 12.2 Å². The summed E-state index contributed by atoms with van der Waals surface area (Å²) in [5.74, 6) is -1.83. The van der Waals surface area contributed by atoms with E-state index in [2.05, 4.69) is 15.4 Å². The van der Waals surface area contributed by atoms with Gasteiger partial charge < -0.3 is 10.2 Å². The Morgan fingerprint density at radius 3 is 2.64 bits per heavy atom. The van der Waals surface area contributed by atoms with Crippen LogP contribution in [0.5, 0.6) is 0 Å². The molecule has 1 atom stereocenters. The van der Waals surface area contributed by atoms with E-state index in [-0.39, 0.29) is 11.2 Å². The number of benzene rings is 1. The summed E-state index contributed by atoms with van der Waals surface area (Å²) in [6.45, 7) is 2.17. The second-order valence-corrected chi connectivity index (χ2v) is 8.67. The SMILES string of the molecule is Cc1cc(N2CC3(c4ccccc4)OC2O3)nc2c(C(=O)NC(C3CC3)C(F)(F)F)cnn12. The Morgan fingerprint density at radius 1 is 1.24 bits per heavy atom. The Kier molecular flexibility index (Phi) is 4.28. The molecule has 7 rings (SSSR count). The van der Waals surface area contributed by atoms with Gasteiger partial charge >= 0.3 is 6.18 Å². The van der Waals surface area contributed by atoms with E-state index in [1.807, 2.05) is 35.2 Å². The highest BCUT2D eigenvalue weighted by molar-refractivity contribution is 6.00. The molecule has 172 valence electrons. The molecule has 5 heterocycles. The first-order valence-corrected chi connectivity index (χ1v) is 10.7. The Hall–Kier alpha value is -3.18. The fraction of sp³-hybridized carbons (Fsp3) is 0.409. The minimum absolute atomic E-state index is 0.0130. The number of amides is 1. The molecule has 4 aliphatic rings. The lowest BCUT2D eigenvalue weighted by atomic mass is 10.1. The van der Waals surface area contributed by atoms with Crippen molar-refractivity contribution in [2.75, 3.05) is 11.4 Å². The number of alkyl halides is 3. The van der Waals surface area contributed by atoms with E-state index in [0.717, 1.165) is 5.56 Å². The van der Waals surface area contributed by atoms with Crippen LogP contribution in [0.2, 0.25) is 0 Å². The van der Waals surface area contributed by atoms with Crippen LogP contribution in [-0.2, 0) is 15.3 Å². The van der Waals surface area contributed by atoms with Crippen LogP contribution in [0.25, 0.3) is 5.65 Å². The van der Waals surface area contributed by atoms with Crippen LogP contribution < -0.4 is 10.2 Å². The lowest BCUT2D eigenvalue weighted by Gasteiger charge is -2.37. The molecule has 3 saturated heterocycles. The first-order chi connectivity index (χ1) is 15.7. The van der Waals surface area contributed by atoms with Gasteiger partial charge in [-0.15, -0.1) is 0 Å². The molecule has 0 spiro atoms. The third kappa shape index (κ3) is 3.25. The highest BCUT2D eigenvalue weighted by atomic mass is 19.4. The van der Waals surface area contributed by atoms with Gasteiger partial charge in [-0.25, -0.2) is 9.50 Å². The van der Waals surface area contributed by atoms with Gasteiger partial charge in [-0.3, -0.25) is 14.3 Å². The van der Waals surface area contributed by atoms with Gasteiger partial charge in [0.15, 0.2) is 5.65 Å². The molecule has 33 heavy (non-hydrogen) atoms. The standard InChI is InChI=1S/C22H20F3N5O3/c1-12-9-16(29-11-21(32-20(29)33-21)14-5-3-2-4-6-14)27-18-15(10-26-30(12)18)19(31)28-17(13-7-8-13)22(23,24)25/h2-6,9-10,13,17,20H,7-8,11H2,1H3,(H,28,31). The van der Waals surface area contributed by atoms with Crippen molar-refractivity contribution in [2.24, 2.45) is 5.92 Å². The molecule has 1 amide bonds. The van der Waals surface area contributed by atoms with Crippen LogP contribution in [-0.4, -0.2) is 45.7 Å². The number of halogens is 3. The molecule has 1 saturated carbocycles. The number of hydrogen-bond donors (Lipinski definition) is 1. The van der Waals surface area contributed by atoms with E-state index in [1.54, 1.807) is 13.0 Å². The van der Waals surface area contributed by atoms with Gasteiger partial charge in [-0.1, -0.05) is 30.3 Å². The van der Waals surface area contributed by atoms with Gasteiger partial charge in [-0.2, -0.15) is 18.3 Å². The molecule has 0 radical (unpaired) electrons. The molecule has 4 fully saturated rings. The second-order valence-electron chi connectivity index (χ2n) is 8.67. The number of fused-ring (bicyclic) bond motifs is 2. The number of aryl methyl sites for hydroxylation is 1. The normalized spacial score (nSPS) is 25.2. The minimum atomic E-state index is -4.51. The van der Waals surface area contributed by atoms with Crippen molar-refractivity contribution in [3.8, 4) is 0 Å². The van der Waals surface area contributed by atoms with Crippen LogP contribution in [0, 0.1) is 12.8 Å². The van der Waals surface area contributed by atoms with Gasteiger partial charge in [0.25, 0.3) is 5.91 Å². The number of rotatable bonds is 5. The summed E-state index contributed by atoms with van der Waals surface area (Å²) in [5.41, 5.74) is 1.71. The van der Waals surface area contributed by atoms with E-state index < -0.39 is 36.2 Å². The summed E-state index contributed by atoms with van der Waals surface area (Å²) in [6.07, 6.45) is -3.01. The summed E-state index contributed by atoms with van der Waals surface area (Å²) < 4.78 is 53.6. The second kappa shape index (κ2) is 6.91. The predicted octanol–water partition coefficient (Wildman–Crippen LogP) is 3.11. The highest BCUT2D eigenvalue weighted by Gasteiger charge is 2.60. The van der Waals surface area contributed by atoms with E-state index in [1.165, 1.54) is 10.7 Å². The molecule has 2 bridgehead atoms. The number of aromatic nitrogens is 3. The summed E-state index contributed by atoms with van der Waals surface area (Å²) >= 11 is 0. The smallest absolute Gasteiger partial charge is 0.340 e. The number of hydrogen-bond acceptors (Lipinski definition) is 6. The van der Waals surface area contributed by atoms with Crippen LogP contribution in [0.1, 0.15) is 34.5 Å². The molecule has 2 aromatic heterocycles. The van der Waals surface area contributed by atoms with Crippen molar-refractivity contribution < 1.29 is 27.4 Å². The van der Waals surface area contributed by atoms with Crippen LogP contribution in [0.3, 0.4) is 0 Å². The third-order valence-electron chi connectivity index (χ3n) is 6.34. The number of anilines is 1. The maximum atomic E-state index is 13.4. The third-order valence-corrected chi connectivity index (χ3v) is 6.34. The Bertz CT molecular complexity index is 1240. The van der Waals surface area contributed by atoms with Gasteiger partial charge in [0.05, 0.1) is 12.7 Å². The summed E-state index contributed by atoms with van der Waals surface area (Å²) in [4.78, 5) is 19.2. The zero-order valence-corrected chi connectivity index (χ0v) is 17.5. The van der Waals surface area contributed by atoms with E-state index in [9.17, 15) is 18.0 Å². The fourth-order valence-corrected chi connectivity index (χ4v) is 4.46. The van der Waals surface area contributed by atoms with Crippen molar-refractivity contribution in [2.45, 2.75) is 44.2 Å². The highest BCUT2D eigenvalue weighted by Crippen LogP contribution is 2.49. The number of nitrogens with zero attached hydrogens (tertiary/aromatic N) is 4. The quantitative estimate of drug-likeness (QED) is 0.632. The summed E-state index contributed by atoms with van der Waals surface area (Å²) in [5, 5.41) is 6.30. The molecular weight excluding hydrogens is 439 g/mol. The molecular formula is C22H20F3N5O3. The first kappa shape index (κ1) is 20.4. The van der Waals surface area contributed by atoms with Gasteiger partial charge in [0, 0.05) is 17.3 Å². The number of carbonyl (C=O) groups is 1.